The van der Waals surface area contributed by atoms with Gasteiger partial charge in [0.2, 0.25) is 0 Å². The zero-order valence-electron chi connectivity index (χ0n) is 16.7. The number of benzene rings is 1. The first kappa shape index (κ1) is 19.4. The molecule has 1 aromatic carbocycles. The van der Waals surface area contributed by atoms with Crippen molar-refractivity contribution >= 4 is 5.91 Å². The van der Waals surface area contributed by atoms with E-state index >= 15 is 0 Å². The zero-order chi connectivity index (χ0) is 18.7. The number of nitrogens with zero attached hydrogens (tertiary/aromatic N) is 1. The number of morpholine rings is 1. The van der Waals surface area contributed by atoms with E-state index in [-0.39, 0.29) is 18.1 Å². The molecule has 0 spiro atoms. The van der Waals surface area contributed by atoms with Crippen LogP contribution in [0, 0.1) is 11.8 Å². The molecule has 4 unspecified atom stereocenters. The van der Waals surface area contributed by atoms with E-state index in [1.165, 1.54) is 24.8 Å². The van der Waals surface area contributed by atoms with Crippen LogP contribution in [0.4, 0.5) is 0 Å². The highest BCUT2D eigenvalue weighted by atomic mass is 16.5. The van der Waals surface area contributed by atoms with E-state index in [1.54, 1.807) is 0 Å². The number of carbonyl (C=O) groups excluding carboxylic acids is 1. The molecule has 2 aliphatic rings. The number of ether oxygens (including phenoxy) is 1. The summed E-state index contributed by atoms with van der Waals surface area (Å²) in [6, 6.07) is 8.42. The fraction of sp³-hybridized carbons (Fsp3) is 0.682. The van der Waals surface area contributed by atoms with Crippen molar-refractivity contribution in [1.82, 2.24) is 10.2 Å². The Hall–Kier alpha value is -1.39. The van der Waals surface area contributed by atoms with Gasteiger partial charge in [-0.3, -0.25) is 9.69 Å². The molecule has 0 radical (unpaired) electrons. The molecule has 1 aliphatic carbocycles. The van der Waals surface area contributed by atoms with Crippen LogP contribution in [0.3, 0.4) is 0 Å². The number of carbonyl (C=O) groups is 1. The van der Waals surface area contributed by atoms with Gasteiger partial charge in [-0.05, 0) is 56.2 Å². The fourth-order valence-electron chi connectivity index (χ4n) is 4.63. The van der Waals surface area contributed by atoms with E-state index in [4.69, 9.17) is 4.74 Å². The SMILES string of the molecule is CC1CN(Cc2ccc(C(=O)NC3C(C)CCCC3C)cc2)CC(C)O1. The third kappa shape index (κ3) is 4.86. The van der Waals surface area contributed by atoms with E-state index < -0.39 is 0 Å². The number of rotatable bonds is 4. The van der Waals surface area contributed by atoms with Crippen molar-refractivity contribution in [3.63, 3.8) is 0 Å². The van der Waals surface area contributed by atoms with Gasteiger partial charge in [-0.1, -0.05) is 32.4 Å². The predicted molar refractivity (Wildman–Crippen MR) is 105 cm³/mol. The maximum Gasteiger partial charge on any atom is 0.251 e. The number of hydrogen-bond donors (Lipinski definition) is 1. The van der Waals surface area contributed by atoms with E-state index in [2.05, 4.69) is 50.0 Å². The lowest BCUT2D eigenvalue weighted by Gasteiger charge is -2.35. The first-order valence-electron chi connectivity index (χ1n) is 10.2. The molecule has 0 bridgehead atoms. The van der Waals surface area contributed by atoms with E-state index in [1.807, 2.05) is 12.1 Å². The summed E-state index contributed by atoms with van der Waals surface area (Å²) in [5.74, 6) is 1.19. The summed E-state index contributed by atoms with van der Waals surface area (Å²) >= 11 is 0. The van der Waals surface area contributed by atoms with Crippen molar-refractivity contribution in [3.8, 4) is 0 Å². The highest BCUT2D eigenvalue weighted by Gasteiger charge is 2.29. The summed E-state index contributed by atoms with van der Waals surface area (Å²) in [5.41, 5.74) is 2.02. The molecule has 1 aliphatic heterocycles. The molecule has 0 aromatic heterocycles. The Bertz CT molecular complexity index is 581. The highest BCUT2D eigenvalue weighted by Crippen LogP contribution is 2.29. The maximum absolute atomic E-state index is 12.7. The van der Waals surface area contributed by atoms with Crippen molar-refractivity contribution in [3.05, 3.63) is 35.4 Å². The molecule has 1 aromatic rings. The molecule has 2 fully saturated rings. The van der Waals surface area contributed by atoms with Crippen molar-refractivity contribution in [2.45, 2.75) is 71.8 Å². The van der Waals surface area contributed by atoms with E-state index in [9.17, 15) is 4.79 Å². The molecular formula is C22H34N2O2. The second-order valence-corrected chi connectivity index (χ2v) is 8.53. The zero-order valence-corrected chi connectivity index (χ0v) is 16.7. The van der Waals surface area contributed by atoms with Crippen molar-refractivity contribution in [1.29, 1.82) is 0 Å². The quantitative estimate of drug-likeness (QED) is 0.889. The minimum absolute atomic E-state index is 0.0655. The molecule has 4 nitrogen and oxygen atoms in total. The molecular weight excluding hydrogens is 324 g/mol. The Morgan fingerprint density at radius 1 is 1.04 bits per heavy atom. The molecule has 1 saturated heterocycles. The van der Waals surface area contributed by atoms with Gasteiger partial charge in [0, 0.05) is 31.2 Å². The topological polar surface area (TPSA) is 41.6 Å². The molecule has 26 heavy (non-hydrogen) atoms. The summed E-state index contributed by atoms with van der Waals surface area (Å²) in [7, 11) is 0. The lowest BCUT2D eigenvalue weighted by atomic mass is 9.78. The van der Waals surface area contributed by atoms with Crippen molar-refractivity contribution in [2.24, 2.45) is 11.8 Å². The summed E-state index contributed by atoms with van der Waals surface area (Å²) in [4.78, 5) is 15.1. The van der Waals surface area contributed by atoms with Crippen LogP contribution in [0.1, 0.15) is 62.9 Å². The van der Waals surface area contributed by atoms with Gasteiger partial charge >= 0.3 is 0 Å². The number of amides is 1. The van der Waals surface area contributed by atoms with Crippen LogP contribution in [0.2, 0.25) is 0 Å². The average Bonchev–Trinajstić information content (AvgIpc) is 2.58. The summed E-state index contributed by atoms with van der Waals surface area (Å²) < 4.78 is 5.80. The molecule has 1 saturated carbocycles. The predicted octanol–water partition coefficient (Wildman–Crippen LogP) is 3.85. The van der Waals surface area contributed by atoms with E-state index in [0.717, 1.165) is 25.2 Å². The maximum atomic E-state index is 12.7. The molecule has 1 heterocycles. The molecule has 1 N–H and O–H groups in total. The monoisotopic (exact) mass is 358 g/mol. The van der Waals surface area contributed by atoms with Gasteiger partial charge in [0.15, 0.2) is 0 Å². The molecule has 3 rings (SSSR count). The Morgan fingerprint density at radius 2 is 1.62 bits per heavy atom. The normalized spacial score (nSPS) is 33.0. The Labute approximate surface area is 158 Å². The van der Waals surface area contributed by atoms with Crippen LogP contribution in [0.5, 0.6) is 0 Å². The Balaban J connectivity index is 1.57. The lowest BCUT2D eigenvalue weighted by molar-refractivity contribution is -0.0704. The van der Waals surface area contributed by atoms with E-state index in [0.29, 0.717) is 17.9 Å². The van der Waals surface area contributed by atoms with Gasteiger partial charge < -0.3 is 10.1 Å². The van der Waals surface area contributed by atoms with Crippen LogP contribution in [0.25, 0.3) is 0 Å². The summed E-state index contributed by atoms with van der Waals surface area (Å²) in [6.07, 6.45) is 4.27. The minimum Gasteiger partial charge on any atom is -0.373 e. The standard InChI is InChI=1S/C22H34N2O2/c1-15-6-5-7-16(2)21(15)23-22(25)20-10-8-19(9-11-20)14-24-12-17(3)26-18(4)13-24/h8-11,15-18,21H,5-7,12-14H2,1-4H3,(H,23,25). The average molecular weight is 359 g/mol. The number of hydrogen-bond acceptors (Lipinski definition) is 3. The van der Waals surface area contributed by atoms with Crippen molar-refractivity contribution in [2.75, 3.05) is 13.1 Å². The Kier molecular flexibility index (Phi) is 6.36. The van der Waals surface area contributed by atoms with Gasteiger partial charge in [-0.2, -0.15) is 0 Å². The van der Waals surface area contributed by atoms with Gasteiger partial charge in [0.05, 0.1) is 12.2 Å². The fourth-order valence-corrected chi connectivity index (χ4v) is 4.63. The van der Waals surface area contributed by atoms with Gasteiger partial charge in [0.1, 0.15) is 0 Å². The second-order valence-electron chi connectivity index (χ2n) is 8.53. The van der Waals surface area contributed by atoms with Crippen LogP contribution < -0.4 is 5.32 Å². The Morgan fingerprint density at radius 3 is 2.19 bits per heavy atom. The first-order valence-corrected chi connectivity index (χ1v) is 10.2. The third-order valence-electron chi connectivity index (χ3n) is 5.96. The highest BCUT2D eigenvalue weighted by molar-refractivity contribution is 5.94. The van der Waals surface area contributed by atoms with Crippen LogP contribution in [-0.4, -0.2) is 42.1 Å². The summed E-state index contributed by atoms with van der Waals surface area (Å²) in [5, 5.41) is 3.28. The number of nitrogens with one attached hydrogen (secondary N) is 1. The smallest absolute Gasteiger partial charge is 0.251 e. The molecule has 4 heteroatoms. The second kappa shape index (κ2) is 8.53. The van der Waals surface area contributed by atoms with Crippen LogP contribution >= 0.6 is 0 Å². The summed E-state index contributed by atoms with van der Waals surface area (Å²) in [6.45, 7) is 11.6. The lowest BCUT2D eigenvalue weighted by Crippen LogP contribution is -2.45. The van der Waals surface area contributed by atoms with Crippen molar-refractivity contribution < 1.29 is 9.53 Å². The third-order valence-corrected chi connectivity index (χ3v) is 5.96. The van der Waals surface area contributed by atoms with Gasteiger partial charge in [-0.25, -0.2) is 0 Å². The van der Waals surface area contributed by atoms with Gasteiger partial charge in [0.25, 0.3) is 5.91 Å². The van der Waals surface area contributed by atoms with Gasteiger partial charge in [-0.15, -0.1) is 0 Å². The van der Waals surface area contributed by atoms with Crippen LogP contribution in [-0.2, 0) is 11.3 Å². The minimum atomic E-state index is 0.0655. The first-order chi connectivity index (χ1) is 12.4. The largest absolute Gasteiger partial charge is 0.373 e. The molecule has 4 atom stereocenters. The molecule has 144 valence electrons. The molecule has 1 amide bonds. The van der Waals surface area contributed by atoms with Crippen LogP contribution in [0.15, 0.2) is 24.3 Å².